The third-order valence-electron chi connectivity index (χ3n) is 3.24. The summed E-state index contributed by atoms with van der Waals surface area (Å²) in [4.78, 5) is 12.9. The number of ether oxygens (including phenoxy) is 1. The lowest BCUT2D eigenvalue weighted by atomic mass is 10.1. The van der Waals surface area contributed by atoms with Gasteiger partial charge in [0.15, 0.2) is 0 Å². The Kier molecular flexibility index (Phi) is 4.49. The molecule has 1 unspecified atom stereocenters. The maximum Gasteiger partial charge on any atom is 0.263 e. The van der Waals surface area contributed by atoms with Gasteiger partial charge in [0.05, 0.1) is 18.2 Å². The SMILES string of the molecule is CCCC(C)NC(=O)c1sc2cccc(OC)c2c1N. The summed E-state index contributed by atoms with van der Waals surface area (Å²) in [6.07, 6.45) is 2.00. The second-order valence-electron chi connectivity index (χ2n) is 4.84. The topological polar surface area (TPSA) is 64.3 Å². The molecule has 5 heteroatoms. The largest absolute Gasteiger partial charge is 0.496 e. The molecule has 0 bridgehead atoms. The van der Waals surface area contributed by atoms with Crippen LogP contribution in [-0.2, 0) is 0 Å². The van der Waals surface area contributed by atoms with Crippen LogP contribution in [0, 0.1) is 0 Å². The number of thiophene rings is 1. The van der Waals surface area contributed by atoms with E-state index in [9.17, 15) is 4.79 Å². The van der Waals surface area contributed by atoms with E-state index in [2.05, 4.69) is 12.2 Å². The molecule has 0 spiro atoms. The molecule has 1 aromatic heterocycles. The van der Waals surface area contributed by atoms with Crippen LogP contribution in [0.15, 0.2) is 18.2 Å². The number of nitrogen functional groups attached to an aromatic ring is 1. The number of fused-ring (bicyclic) bond motifs is 1. The molecule has 0 saturated carbocycles. The zero-order chi connectivity index (χ0) is 14.7. The third-order valence-corrected chi connectivity index (χ3v) is 4.41. The second-order valence-corrected chi connectivity index (χ2v) is 5.89. The van der Waals surface area contributed by atoms with Gasteiger partial charge in [-0.25, -0.2) is 0 Å². The van der Waals surface area contributed by atoms with Crippen LogP contribution in [0.3, 0.4) is 0 Å². The lowest BCUT2D eigenvalue weighted by molar-refractivity contribution is 0.0943. The van der Waals surface area contributed by atoms with Gasteiger partial charge in [-0.1, -0.05) is 19.4 Å². The van der Waals surface area contributed by atoms with E-state index in [1.807, 2.05) is 25.1 Å². The first-order chi connectivity index (χ1) is 9.58. The Labute approximate surface area is 122 Å². The number of carbonyl (C=O) groups excluding carboxylic acids is 1. The van der Waals surface area contributed by atoms with Crippen molar-refractivity contribution in [3.05, 3.63) is 23.1 Å². The zero-order valence-electron chi connectivity index (χ0n) is 12.0. The summed E-state index contributed by atoms with van der Waals surface area (Å²) in [5.74, 6) is 0.601. The summed E-state index contributed by atoms with van der Waals surface area (Å²) in [5.41, 5.74) is 6.64. The number of carbonyl (C=O) groups is 1. The maximum absolute atomic E-state index is 12.3. The number of amides is 1. The fraction of sp³-hybridized carbons (Fsp3) is 0.400. The minimum Gasteiger partial charge on any atom is -0.496 e. The summed E-state index contributed by atoms with van der Waals surface area (Å²) in [5, 5.41) is 3.81. The Morgan fingerprint density at radius 3 is 2.90 bits per heavy atom. The highest BCUT2D eigenvalue weighted by Crippen LogP contribution is 2.39. The molecule has 1 amide bonds. The molecule has 0 aliphatic carbocycles. The van der Waals surface area contributed by atoms with E-state index in [1.54, 1.807) is 7.11 Å². The fourth-order valence-electron chi connectivity index (χ4n) is 2.27. The molecule has 0 saturated heterocycles. The Balaban J connectivity index is 2.36. The quantitative estimate of drug-likeness (QED) is 0.887. The predicted molar refractivity (Wildman–Crippen MR) is 84.6 cm³/mol. The van der Waals surface area contributed by atoms with Crippen LogP contribution in [0.1, 0.15) is 36.4 Å². The molecule has 1 atom stereocenters. The summed E-state index contributed by atoms with van der Waals surface area (Å²) >= 11 is 1.40. The third kappa shape index (κ3) is 2.72. The highest BCUT2D eigenvalue weighted by Gasteiger charge is 2.19. The van der Waals surface area contributed by atoms with E-state index in [0.29, 0.717) is 16.3 Å². The van der Waals surface area contributed by atoms with Crippen molar-refractivity contribution in [3.8, 4) is 5.75 Å². The fourth-order valence-corrected chi connectivity index (χ4v) is 3.32. The minimum atomic E-state index is -0.105. The molecule has 108 valence electrons. The molecule has 4 nitrogen and oxygen atoms in total. The van der Waals surface area contributed by atoms with Crippen molar-refractivity contribution >= 4 is 33.0 Å². The van der Waals surface area contributed by atoms with Gasteiger partial charge in [0.2, 0.25) is 0 Å². The van der Waals surface area contributed by atoms with Gasteiger partial charge >= 0.3 is 0 Å². The van der Waals surface area contributed by atoms with Crippen molar-refractivity contribution in [2.75, 3.05) is 12.8 Å². The van der Waals surface area contributed by atoms with Crippen LogP contribution >= 0.6 is 11.3 Å². The maximum atomic E-state index is 12.3. The molecule has 0 aliphatic rings. The Morgan fingerprint density at radius 2 is 2.25 bits per heavy atom. The summed E-state index contributed by atoms with van der Waals surface area (Å²) < 4.78 is 6.28. The lowest BCUT2D eigenvalue weighted by Gasteiger charge is -2.12. The van der Waals surface area contributed by atoms with Gasteiger partial charge < -0.3 is 15.8 Å². The number of nitrogens with one attached hydrogen (secondary N) is 1. The van der Waals surface area contributed by atoms with Gasteiger partial charge in [0.1, 0.15) is 10.6 Å². The molecule has 3 N–H and O–H groups in total. The monoisotopic (exact) mass is 292 g/mol. The van der Waals surface area contributed by atoms with Gasteiger partial charge in [-0.2, -0.15) is 0 Å². The van der Waals surface area contributed by atoms with Gasteiger partial charge in [-0.3, -0.25) is 4.79 Å². The lowest BCUT2D eigenvalue weighted by Crippen LogP contribution is -2.32. The molecule has 2 rings (SSSR count). The van der Waals surface area contributed by atoms with Crippen LogP contribution in [-0.4, -0.2) is 19.1 Å². The molecule has 20 heavy (non-hydrogen) atoms. The van der Waals surface area contributed by atoms with Crippen molar-refractivity contribution in [2.45, 2.75) is 32.7 Å². The smallest absolute Gasteiger partial charge is 0.263 e. The van der Waals surface area contributed by atoms with Gasteiger partial charge in [0.25, 0.3) is 5.91 Å². The predicted octanol–water partition coefficient (Wildman–Crippen LogP) is 3.41. The number of methoxy groups -OCH3 is 1. The number of hydrogen-bond acceptors (Lipinski definition) is 4. The van der Waals surface area contributed by atoms with E-state index in [4.69, 9.17) is 10.5 Å². The number of nitrogens with two attached hydrogens (primary N) is 1. The van der Waals surface area contributed by atoms with Gasteiger partial charge in [0, 0.05) is 10.7 Å². The van der Waals surface area contributed by atoms with Crippen LogP contribution in [0.25, 0.3) is 10.1 Å². The van der Waals surface area contributed by atoms with Crippen molar-refractivity contribution in [1.29, 1.82) is 0 Å². The van der Waals surface area contributed by atoms with E-state index >= 15 is 0 Å². The minimum absolute atomic E-state index is 0.105. The van der Waals surface area contributed by atoms with E-state index < -0.39 is 0 Å². The molecule has 0 aliphatic heterocycles. The first-order valence-corrected chi connectivity index (χ1v) is 7.56. The van der Waals surface area contributed by atoms with Crippen LogP contribution in [0.5, 0.6) is 5.75 Å². The number of anilines is 1. The molecular formula is C15H20N2O2S. The van der Waals surface area contributed by atoms with Crippen molar-refractivity contribution < 1.29 is 9.53 Å². The molecular weight excluding hydrogens is 272 g/mol. The van der Waals surface area contributed by atoms with E-state index in [0.717, 1.165) is 22.9 Å². The molecule has 1 heterocycles. The van der Waals surface area contributed by atoms with Crippen LogP contribution in [0.2, 0.25) is 0 Å². The zero-order valence-corrected chi connectivity index (χ0v) is 12.8. The Morgan fingerprint density at radius 1 is 1.50 bits per heavy atom. The highest BCUT2D eigenvalue weighted by atomic mass is 32.1. The highest BCUT2D eigenvalue weighted by molar-refractivity contribution is 7.21. The van der Waals surface area contributed by atoms with Gasteiger partial charge in [-0.15, -0.1) is 11.3 Å². The average molecular weight is 292 g/mol. The van der Waals surface area contributed by atoms with Crippen LogP contribution in [0.4, 0.5) is 5.69 Å². The van der Waals surface area contributed by atoms with Crippen molar-refractivity contribution in [2.24, 2.45) is 0 Å². The van der Waals surface area contributed by atoms with Crippen molar-refractivity contribution in [3.63, 3.8) is 0 Å². The number of hydrogen-bond donors (Lipinski definition) is 2. The number of benzene rings is 1. The molecule has 1 aromatic carbocycles. The first-order valence-electron chi connectivity index (χ1n) is 6.74. The normalized spacial score (nSPS) is 12.3. The number of rotatable bonds is 5. The van der Waals surface area contributed by atoms with E-state index in [-0.39, 0.29) is 11.9 Å². The molecule has 0 fully saturated rings. The van der Waals surface area contributed by atoms with Gasteiger partial charge in [-0.05, 0) is 25.5 Å². The van der Waals surface area contributed by atoms with Crippen molar-refractivity contribution in [1.82, 2.24) is 5.32 Å². The summed E-state index contributed by atoms with van der Waals surface area (Å²) in [6.45, 7) is 4.10. The van der Waals surface area contributed by atoms with Crippen LogP contribution < -0.4 is 15.8 Å². The summed E-state index contributed by atoms with van der Waals surface area (Å²) in [6, 6.07) is 5.86. The second kappa shape index (κ2) is 6.13. The summed E-state index contributed by atoms with van der Waals surface area (Å²) in [7, 11) is 1.61. The molecule has 0 radical (unpaired) electrons. The standard InChI is InChI=1S/C15H20N2O2S/c1-4-6-9(2)17-15(18)14-13(16)12-10(19-3)7-5-8-11(12)20-14/h5,7-9H,4,6,16H2,1-3H3,(H,17,18). The first kappa shape index (κ1) is 14.7. The van der Waals surface area contributed by atoms with E-state index in [1.165, 1.54) is 11.3 Å². The Hall–Kier alpha value is -1.75. The molecule has 2 aromatic rings. The Bertz CT molecular complexity index is 622. The average Bonchev–Trinajstić information content (AvgIpc) is 2.76.